The average Bonchev–Trinajstić information content (AvgIpc) is 2.66. The van der Waals surface area contributed by atoms with E-state index in [2.05, 4.69) is 0 Å². The molecule has 160 valence electrons. The smallest absolute Gasteiger partial charge is 0.368 e. The fraction of sp³-hybridized carbons (Fsp3) is 0.316. The number of rotatable bonds is 3. The van der Waals surface area contributed by atoms with Crippen molar-refractivity contribution in [1.82, 2.24) is 4.31 Å². The second-order valence-electron chi connectivity index (χ2n) is 6.83. The minimum absolute atomic E-state index is 0.0216. The largest absolute Gasteiger partial charge is 0.418 e. The lowest BCUT2D eigenvalue weighted by Gasteiger charge is -2.40. The first kappa shape index (κ1) is 22.3. The quantitative estimate of drug-likeness (QED) is 0.640. The molecule has 0 aliphatic carbocycles. The summed E-state index contributed by atoms with van der Waals surface area (Å²) in [5, 5.41) is 8.79. The number of hydrogen-bond donors (Lipinski definition) is 0. The third-order valence-corrected chi connectivity index (χ3v) is 7.32. The minimum Gasteiger partial charge on any atom is -0.368 e. The molecule has 2 aromatic rings. The molecule has 30 heavy (non-hydrogen) atoms. The predicted molar refractivity (Wildman–Crippen MR) is 103 cm³/mol. The van der Waals surface area contributed by atoms with Gasteiger partial charge in [-0.05, 0) is 43.3 Å². The van der Waals surface area contributed by atoms with Gasteiger partial charge in [0.1, 0.15) is 10.7 Å². The van der Waals surface area contributed by atoms with Crippen LogP contribution in [0.5, 0.6) is 0 Å². The van der Waals surface area contributed by atoms with Gasteiger partial charge in [0.25, 0.3) is 0 Å². The van der Waals surface area contributed by atoms with Crippen LogP contribution in [0.4, 0.5) is 23.2 Å². The predicted octanol–water partition coefficient (Wildman–Crippen LogP) is 4.27. The van der Waals surface area contributed by atoms with Crippen LogP contribution >= 0.6 is 11.6 Å². The van der Waals surface area contributed by atoms with Crippen LogP contribution in [0.1, 0.15) is 18.1 Å². The van der Waals surface area contributed by atoms with Gasteiger partial charge in [-0.25, -0.2) is 12.8 Å². The summed E-state index contributed by atoms with van der Waals surface area (Å²) in [6.45, 7) is 1.43. The third kappa shape index (κ3) is 4.24. The minimum atomic E-state index is -4.75. The molecule has 0 bridgehead atoms. The van der Waals surface area contributed by atoms with Crippen LogP contribution in [0, 0.1) is 17.1 Å². The molecule has 1 aliphatic rings. The summed E-state index contributed by atoms with van der Waals surface area (Å²) in [6, 6.07) is 7.40. The molecule has 1 heterocycles. The van der Waals surface area contributed by atoms with Crippen molar-refractivity contribution in [3.63, 3.8) is 0 Å². The number of halogens is 5. The lowest BCUT2D eigenvalue weighted by atomic mass is 10.1. The van der Waals surface area contributed by atoms with Gasteiger partial charge in [0.05, 0.1) is 22.2 Å². The van der Waals surface area contributed by atoms with Crippen molar-refractivity contribution in [3.8, 4) is 6.07 Å². The number of anilines is 1. The van der Waals surface area contributed by atoms with Crippen molar-refractivity contribution in [1.29, 1.82) is 5.26 Å². The molecule has 1 atom stereocenters. The van der Waals surface area contributed by atoms with Gasteiger partial charge in [0.2, 0.25) is 10.0 Å². The summed E-state index contributed by atoms with van der Waals surface area (Å²) in [6.07, 6.45) is -4.75. The van der Waals surface area contributed by atoms with E-state index in [1.807, 2.05) is 6.07 Å². The van der Waals surface area contributed by atoms with Crippen molar-refractivity contribution in [2.24, 2.45) is 0 Å². The Bertz CT molecular complexity index is 1120. The van der Waals surface area contributed by atoms with Gasteiger partial charge in [-0.3, -0.25) is 0 Å². The number of benzene rings is 2. The van der Waals surface area contributed by atoms with Crippen LogP contribution in [0.3, 0.4) is 0 Å². The molecule has 5 nitrogen and oxygen atoms in total. The molecule has 11 heteroatoms. The highest BCUT2D eigenvalue weighted by Gasteiger charge is 2.39. The Labute approximate surface area is 176 Å². The van der Waals surface area contributed by atoms with E-state index in [4.69, 9.17) is 16.9 Å². The molecule has 0 amide bonds. The zero-order valence-electron chi connectivity index (χ0n) is 15.6. The van der Waals surface area contributed by atoms with Gasteiger partial charge in [-0.2, -0.15) is 22.7 Å². The number of piperazine rings is 1. The molecular weight excluding hydrogens is 446 g/mol. The summed E-state index contributed by atoms with van der Waals surface area (Å²) in [5.74, 6) is -1.00. The standard InChI is InChI=1S/C19H16ClF4N3O2S/c1-12-11-26(17-4-3-14(21)9-15(17)19(22,23)24)6-7-27(12)30(28,29)18-5-2-13(10-25)8-16(18)20/h2-5,8-9,12H,6-7,11H2,1H3/t12-/m1/s1. The number of nitriles is 1. The van der Waals surface area contributed by atoms with Crippen LogP contribution < -0.4 is 4.90 Å². The lowest BCUT2D eigenvalue weighted by molar-refractivity contribution is -0.137. The number of alkyl halides is 3. The molecule has 0 saturated carbocycles. The summed E-state index contributed by atoms with van der Waals surface area (Å²) in [7, 11) is -4.03. The zero-order chi connectivity index (χ0) is 22.3. The van der Waals surface area contributed by atoms with E-state index in [-0.39, 0.29) is 40.8 Å². The Morgan fingerprint density at radius 1 is 1.17 bits per heavy atom. The molecule has 0 radical (unpaired) electrons. The lowest BCUT2D eigenvalue weighted by Crippen LogP contribution is -2.54. The Morgan fingerprint density at radius 3 is 2.43 bits per heavy atom. The van der Waals surface area contributed by atoms with E-state index < -0.39 is 33.6 Å². The van der Waals surface area contributed by atoms with E-state index in [0.29, 0.717) is 6.07 Å². The maximum absolute atomic E-state index is 13.4. The fourth-order valence-electron chi connectivity index (χ4n) is 3.43. The van der Waals surface area contributed by atoms with Crippen molar-refractivity contribution >= 4 is 27.3 Å². The Morgan fingerprint density at radius 2 is 1.87 bits per heavy atom. The molecule has 3 rings (SSSR count). The van der Waals surface area contributed by atoms with Gasteiger partial charge in [-0.1, -0.05) is 11.6 Å². The first-order valence-electron chi connectivity index (χ1n) is 8.78. The van der Waals surface area contributed by atoms with E-state index in [1.54, 1.807) is 6.92 Å². The van der Waals surface area contributed by atoms with E-state index in [0.717, 1.165) is 16.4 Å². The van der Waals surface area contributed by atoms with Crippen LogP contribution in [0.15, 0.2) is 41.3 Å². The summed E-state index contributed by atoms with van der Waals surface area (Å²) in [5.41, 5.74) is -1.11. The van der Waals surface area contributed by atoms with Crippen LogP contribution in [-0.4, -0.2) is 38.4 Å². The normalized spacial score (nSPS) is 18.3. The topological polar surface area (TPSA) is 64.4 Å². The molecule has 2 aromatic carbocycles. The highest BCUT2D eigenvalue weighted by Crippen LogP contribution is 2.38. The molecule has 1 saturated heterocycles. The fourth-order valence-corrected chi connectivity index (χ4v) is 5.57. The van der Waals surface area contributed by atoms with Gasteiger partial charge < -0.3 is 4.90 Å². The van der Waals surface area contributed by atoms with Crippen molar-refractivity contribution in [3.05, 3.63) is 58.4 Å². The third-order valence-electron chi connectivity index (χ3n) is 4.82. The van der Waals surface area contributed by atoms with Gasteiger partial charge in [-0.15, -0.1) is 0 Å². The zero-order valence-corrected chi connectivity index (χ0v) is 17.2. The van der Waals surface area contributed by atoms with Crippen molar-refractivity contribution in [2.75, 3.05) is 24.5 Å². The van der Waals surface area contributed by atoms with Gasteiger partial charge in [0.15, 0.2) is 0 Å². The Balaban J connectivity index is 1.89. The highest BCUT2D eigenvalue weighted by atomic mass is 35.5. The van der Waals surface area contributed by atoms with Crippen LogP contribution in [-0.2, 0) is 16.2 Å². The summed E-state index contributed by atoms with van der Waals surface area (Å²) < 4.78 is 80.6. The van der Waals surface area contributed by atoms with Crippen molar-refractivity contribution in [2.45, 2.75) is 24.0 Å². The highest BCUT2D eigenvalue weighted by molar-refractivity contribution is 7.89. The molecule has 1 fully saturated rings. The average molecular weight is 462 g/mol. The Hall–Kier alpha value is -2.35. The maximum atomic E-state index is 13.4. The molecule has 0 spiro atoms. The molecule has 0 N–H and O–H groups in total. The summed E-state index contributed by atoms with van der Waals surface area (Å²) in [4.78, 5) is 1.21. The first-order chi connectivity index (χ1) is 13.9. The van der Waals surface area contributed by atoms with E-state index in [9.17, 15) is 26.0 Å². The van der Waals surface area contributed by atoms with Crippen LogP contribution in [0.25, 0.3) is 0 Å². The number of nitrogens with zero attached hydrogens (tertiary/aromatic N) is 3. The second-order valence-corrected chi connectivity index (χ2v) is 9.09. The van der Waals surface area contributed by atoms with Crippen LogP contribution in [0.2, 0.25) is 5.02 Å². The second kappa shape index (κ2) is 8.06. The number of sulfonamides is 1. The Kier molecular flexibility index (Phi) is 6.00. The maximum Gasteiger partial charge on any atom is 0.418 e. The van der Waals surface area contributed by atoms with Crippen molar-refractivity contribution < 1.29 is 26.0 Å². The molecule has 1 aliphatic heterocycles. The van der Waals surface area contributed by atoms with E-state index >= 15 is 0 Å². The monoisotopic (exact) mass is 461 g/mol. The van der Waals surface area contributed by atoms with Gasteiger partial charge in [0, 0.05) is 31.4 Å². The molecular formula is C19H16ClF4N3O2S. The number of hydrogen-bond acceptors (Lipinski definition) is 4. The van der Waals surface area contributed by atoms with E-state index in [1.165, 1.54) is 23.1 Å². The summed E-state index contributed by atoms with van der Waals surface area (Å²) >= 11 is 6.04. The first-order valence-corrected chi connectivity index (χ1v) is 10.6. The molecule has 0 aromatic heterocycles. The molecule has 0 unspecified atom stereocenters. The van der Waals surface area contributed by atoms with Gasteiger partial charge >= 0.3 is 6.18 Å². The SMILES string of the molecule is C[C@@H]1CN(c2ccc(F)cc2C(F)(F)F)CCN1S(=O)(=O)c1ccc(C#N)cc1Cl.